The van der Waals surface area contributed by atoms with E-state index in [1.54, 1.807) is 31.4 Å². The zero-order valence-corrected chi connectivity index (χ0v) is 20.1. The van der Waals surface area contributed by atoms with Crippen molar-refractivity contribution in [1.29, 1.82) is 0 Å². The average molecular weight is 526 g/mol. The van der Waals surface area contributed by atoms with Crippen molar-refractivity contribution < 1.29 is 36.6 Å². The lowest BCUT2D eigenvalue weighted by atomic mass is 9.97. The van der Waals surface area contributed by atoms with Gasteiger partial charge in [-0.05, 0) is 6.07 Å². The molecule has 0 saturated carbocycles. The lowest BCUT2D eigenvalue weighted by Crippen LogP contribution is -2.33. The Morgan fingerprint density at radius 1 is 1.19 bits per heavy atom. The third-order valence-corrected chi connectivity index (χ3v) is 7.15. The van der Waals surface area contributed by atoms with Gasteiger partial charge in [-0.2, -0.15) is 22.7 Å². The van der Waals surface area contributed by atoms with Crippen LogP contribution in [0, 0.1) is 0 Å². The maximum absolute atomic E-state index is 13.3. The van der Waals surface area contributed by atoms with Crippen molar-refractivity contribution in [2.45, 2.75) is 36.9 Å². The van der Waals surface area contributed by atoms with Crippen LogP contribution in [0.5, 0.6) is 5.75 Å². The molecule has 0 saturated heterocycles. The van der Waals surface area contributed by atoms with Crippen LogP contribution in [-0.4, -0.2) is 76.7 Å². The van der Waals surface area contributed by atoms with Crippen LogP contribution in [-0.2, 0) is 39.2 Å². The summed E-state index contributed by atoms with van der Waals surface area (Å²) in [5, 5.41) is 17.8. The smallest absolute Gasteiger partial charge is 0.286 e. The fourth-order valence-electron chi connectivity index (χ4n) is 3.90. The Labute approximate surface area is 205 Å². The van der Waals surface area contributed by atoms with Gasteiger partial charge in [0.2, 0.25) is 5.91 Å². The van der Waals surface area contributed by atoms with Crippen LogP contribution < -0.4 is 4.74 Å². The van der Waals surface area contributed by atoms with Crippen LogP contribution >= 0.6 is 0 Å². The normalized spacial score (nSPS) is 14.3. The van der Waals surface area contributed by atoms with Crippen LogP contribution in [0.3, 0.4) is 0 Å². The molecule has 1 aromatic carbocycles. The number of benzene rings is 1. The fraction of sp³-hybridized carbons (Fsp3) is 0.409. The van der Waals surface area contributed by atoms with E-state index in [1.165, 1.54) is 11.1 Å². The molecule has 0 fully saturated rings. The minimum atomic E-state index is -4.14. The highest BCUT2D eigenvalue weighted by molar-refractivity contribution is 7.89. The number of rotatable bonds is 11. The summed E-state index contributed by atoms with van der Waals surface area (Å²) >= 11 is 0. The van der Waals surface area contributed by atoms with Gasteiger partial charge in [-0.1, -0.05) is 18.2 Å². The molecule has 3 aromatic rings. The van der Waals surface area contributed by atoms with Gasteiger partial charge >= 0.3 is 0 Å². The summed E-state index contributed by atoms with van der Waals surface area (Å²) in [5.41, 5.74) is 1.43. The number of nitrogens with zero attached hydrogens (tertiary/aromatic N) is 5. The summed E-state index contributed by atoms with van der Waals surface area (Å²) in [7, 11) is -2.60. The van der Waals surface area contributed by atoms with Gasteiger partial charge in [0.25, 0.3) is 16.4 Å². The largest absolute Gasteiger partial charge is 0.491 e. The first-order valence-corrected chi connectivity index (χ1v) is 12.4. The first-order chi connectivity index (χ1) is 17.2. The van der Waals surface area contributed by atoms with Crippen LogP contribution in [0.4, 0.5) is 8.78 Å². The number of aromatic nitrogens is 4. The summed E-state index contributed by atoms with van der Waals surface area (Å²) in [6.45, 7) is -0.400. The van der Waals surface area contributed by atoms with E-state index in [2.05, 4.69) is 10.2 Å². The maximum Gasteiger partial charge on any atom is 0.286 e. The molecule has 1 amide bonds. The van der Waals surface area contributed by atoms with E-state index in [9.17, 15) is 27.1 Å². The maximum atomic E-state index is 13.3. The van der Waals surface area contributed by atoms with Crippen molar-refractivity contribution in [3.8, 4) is 5.75 Å². The van der Waals surface area contributed by atoms with Crippen molar-refractivity contribution in [2.24, 2.45) is 0 Å². The van der Waals surface area contributed by atoms with Gasteiger partial charge in [0.05, 0.1) is 37.6 Å². The number of para-hydroxylation sites is 1. The second-order valence-corrected chi connectivity index (χ2v) is 9.87. The summed E-state index contributed by atoms with van der Waals surface area (Å²) in [6.07, 6.45) is 0.614. The third-order valence-electron chi connectivity index (χ3n) is 5.67. The molecule has 0 radical (unpaired) electrons. The van der Waals surface area contributed by atoms with E-state index in [4.69, 9.17) is 9.47 Å². The van der Waals surface area contributed by atoms with Crippen molar-refractivity contribution in [2.75, 3.05) is 26.9 Å². The Morgan fingerprint density at radius 3 is 2.67 bits per heavy atom. The van der Waals surface area contributed by atoms with Crippen LogP contribution in [0.25, 0.3) is 0 Å². The van der Waals surface area contributed by atoms with E-state index >= 15 is 0 Å². The molecule has 11 nitrogen and oxygen atoms in total. The number of methoxy groups -OCH3 is 1. The number of amides is 1. The minimum absolute atomic E-state index is 0.0462. The van der Waals surface area contributed by atoms with Crippen molar-refractivity contribution in [1.82, 2.24) is 23.9 Å². The predicted molar refractivity (Wildman–Crippen MR) is 121 cm³/mol. The minimum Gasteiger partial charge on any atom is -0.491 e. The van der Waals surface area contributed by atoms with E-state index in [-0.39, 0.29) is 30.5 Å². The molecule has 14 heteroatoms. The van der Waals surface area contributed by atoms with Gasteiger partial charge in [0.15, 0.2) is 0 Å². The highest BCUT2D eigenvalue weighted by Gasteiger charge is 2.34. The molecule has 0 bridgehead atoms. The van der Waals surface area contributed by atoms with E-state index in [0.717, 1.165) is 21.2 Å². The zero-order valence-electron chi connectivity index (χ0n) is 19.3. The van der Waals surface area contributed by atoms with Gasteiger partial charge in [0, 0.05) is 37.2 Å². The Bertz CT molecular complexity index is 1300. The second-order valence-electron chi connectivity index (χ2n) is 8.08. The van der Waals surface area contributed by atoms with E-state index in [0.29, 0.717) is 29.2 Å². The molecular formula is C22H25F2N5O6S. The van der Waals surface area contributed by atoms with Gasteiger partial charge in [-0.15, -0.1) is 0 Å². The third kappa shape index (κ3) is 5.24. The molecule has 1 unspecified atom stereocenters. The molecule has 0 aliphatic carbocycles. The van der Waals surface area contributed by atoms with Gasteiger partial charge < -0.3 is 19.5 Å². The molecule has 0 spiro atoms. The predicted octanol–water partition coefficient (Wildman–Crippen LogP) is 1.23. The lowest BCUT2D eigenvalue weighted by Gasteiger charge is -2.24. The number of aliphatic hydroxyl groups is 1. The SMILES string of the molecule is COCCOc1ccccc1C(CO)C(=O)N1Cc2cn(S(=O)(=O)c3cnn(CC(F)F)c3)nc2C1. The molecular weight excluding hydrogens is 500 g/mol. The fourth-order valence-corrected chi connectivity index (χ4v) is 5.02. The number of ether oxygens (including phenoxy) is 2. The molecule has 2 aromatic heterocycles. The van der Waals surface area contributed by atoms with Gasteiger partial charge in [-0.3, -0.25) is 9.48 Å². The Kier molecular flexibility index (Phi) is 7.66. The van der Waals surface area contributed by atoms with Crippen molar-refractivity contribution in [3.05, 3.63) is 59.7 Å². The standard InChI is InChI=1S/C22H25F2N5O6S/c1-34-6-7-35-20-5-3-2-4-17(20)18(14-30)22(31)27-9-15-10-29(26-19(15)12-27)36(32,33)16-8-25-28(11-16)13-21(23)24/h2-5,8,10-11,18,21,30H,6-7,9,12-14H2,1H3. The van der Waals surface area contributed by atoms with Crippen molar-refractivity contribution >= 4 is 15.9 Å². The molecule has 36 heavy (non-hydrogen) atoms. The molecule has 194 valence electrons. The highest BCUT2D eigenvalue weighted by atomic mass is 32.2. The lowest BCUT2D eigenvalue weighted by molar-refractivity contribution is -0.134. The molecule has 1 atom stereocenters. The molecule has 1 aliphatic heterocycles. The topological polar surface area (TPSA) is 129 Å². The zero-order chi connectivity index (χ0) is 25.9. The number of hydrogen-bond donors (Lipinski definition) is 1. The van der Waals surface area contributed by atoms with E-state index in [1.807, 2.05) is 0 Å². The van der Waals surface area contributed by atoms with Crippen LogP contribution in [0.15, 0.2) is 47.8 Å². The number of hydrogen-bond acceptors (Lipinski definition) is 8. The van der Waals surface area contributed by atoms with Crippen molar-refractivity contribution in [3.63, 3.8) is 0 Å². The van der Waals surface area contributed by atoms with Crippen LogP contribution in [0.1, 0.15) is 22.7 Å². The highest BCUT2D eigenvalue weighted by Crippen LogP contribution is 2.31. The number of aliphatic hydroxyl groups excluding tert-OH is 1. The summed E-state index contributed by atoms with van der Waals surface area (Å²) in [5.74, 6) is -0.784. The molecule has 1 aliphatic rings. The summed E-state index contributed by atoms with van der Waals surface area (Å²) in [6, 6.07) is 6.91. The quantitative estimate of drug-likeness (QED) is 0.370. The Morgan fingerprint density at radius 2 is 1.97 bits per heavy atom. The Balaban J connectivity index is 1.49. The first-order valence-electron chi connectivity index (χ1n) is 11.0. The number of halogens is 2. The van der Waals surface area contributed by atoms with Crippen LogP contribution in [0.2, 0.25) is 0 Å². The summed E-state index contributed by atoms with van der Waals surface area (Å²) in [4.78, 5) is 14.5. The number of fused-ring (bicyclic) bond motifs is 1. The first kappa shape index (κ1) is 25.7. The molecule has 4 rings (SSSR count). The molecule has 3 heterocycles. The van der Waals surface area contributed by atoms with E-state index < -0.39 is 35.5 Å². The number of alkyl halides is 2. The average Bonchev–Trinajstić information content (AvgIpc) is 3.56. The Hall–Kier alpha value is -3.36. The van der Waals surface area contributed by atoms with Gasteiger partial charge in [-0.25, -0.2) is 8.78 Å². The number of carbonyl (C=O) groups excluding carboxylic acids is 1. The monoisotopic (exact) mass is 525 g/mol. The number of carbonyl (C=O) groups is 1. The van der Waals surface area contributed by atoms with Gasteiger partial charge in [0.1, 0.15) is 23.8 Å². The molecule has 1 N–H and O–H groups in total. The second kappa shape index (κ2) is 10.7. The summed E-state index contributed by atoms with van der Waals surface area (Å²) < 4.78 is 63.1.